The van der Waals surface area contributed by atoms with Crippen LogP contribution in [0.15, 0.2) is 55.0 Å². The Morgan fingerprint density at radius 1 is 0.972 bits per heavy atom. The van der Waals surface area contributed by atoms with Crippen molar-refractivity contribution in [1.29, 1.82) is 0 Å². The highest BCUT2D eigenvalue weighted by Crippen LogP contribution is 2.32. The van der Waals surface area contributed by atoms with Crippen molar-refractivity contribution < 1.29 is 9.47 Å². The zero-order valence-electron chi connectivity index (χ0n) is 20.8. The maximum atomic E-state index is 5.39. The molecule has 186 valence electrons. The largest absolute Gasteiger partial charge is 0.497 e. The summed E-state index contributed by atoms with van der Waals surface area (Å²) >= 11 is 0. The van der Waals surface area contributed by atoms with Gasteiger partial charge in [-0.05, 0) is 42.6 Å². The number of nitrogens with zero attached hydrogens (tertiary/aromatic N) is 4. The van der Waals surface area contributed by atoms with Gasteiger partial charge in [-0.2, -0.15) is 10.1 Å². The summed E-state index contributed by atoms with van der Waals surface area (Å²) in [6.45, 7) is 4.88. The molecule has 3 heterocycles. The first-order chi connectivity index (χ1) is 17.6. The molecule has 0 aliphatic carbocycles. The van der Waals surface area contributed by atoms with Crippen LogP contribution in [0.5, 0.6) is 11.5 Å². The van der Waals surface area contributed by atoms with Gasteiger partial charge in [-0.1, -0.05) is 13.0 Å². The van der Waals surface area contributed by atoms with Crippen LogP contribution in [0, 0.1) is 0 Å². The molecule has 0 unspecified atom stereocenters. The molecular weight excluding hydrogens is 454 g/mol. The number of ether oxygens (including phenoxy) is 2. The first-order valence-electron chi connectivity index (χ1n) is 12.1. The van der Waals surface area contributed by atoms with E-state index in [1.165, 1.54) is 11.1 Å². The molecule has 5 rings (SSSR count). The van der Waals surface area contributed by atoms with Gasteiger partial charge in [0.2, 0.25) is 5.95 Å². The number of anilines is 4. The summed E-state index contributed by atoms with van der Waals surface area (Å²) in [5, 5.41) is 14.8. The second kappa shape index (κ2) is 10.7. The molecule has 1 aliphatic heterocycles. The minimum Gasteiger partial charge on any atom is -0.497 e. The Hall–Kier alpha value is -4.11. The van der Waals surface area contributed by atoms with E-state index in [1.807, 2.05) is 41.5 Å². The van der Waals surface area contributed by atoms with Gasteiger partial charge < -0.3 is 25.4 Å². The zero-order valence-corrected chi connectivity index (χ0v) is 20.8. The quantitative estimate of drug-likeness (QED) is 0.308. The Labute approximate surface area is 210 Å². The molecule has 0 atom stereocenters. The van der Waals surface area contributed by atoms with Crippen LogP contribution >= 0.6 is 0 Å². The van der Waals surface area contributed by atoms with Gasteiger partial charge in [0, 0.05) is 66.2 Å². The van der Waals surface area contributed by atoms with E-state index in [1.54, 1.807) is 14.2 Å². The van der Waals surface area contributed by atoms with Gasteiger partial charge in [-0.25, -0.2) is 4.98 Å². The van der Waals surface area contributed by atoms with Gasteiger partial charge in [0.25, 0.3) is 0 Å². The normalized spacial score (nSPS) is 12.6. The van der Waals surface area contributed by atoms with Crippen LogP contribution < -0.4 is 25.4 Å². The zero-order chi connectivity index (χ0) is 24.9. The number of fused-ring (bicyclic) bond motifs is 1. The molecular formula is C27H31N7O2. The Kier molecular flexibility index (Phi) is 6.99. The van der Waals surface area contributed by atoms with E-state index < -0.39 is 0 Å². The fourth-order valence-corrected chi connectivity index (χ4v) is 4.31. The first kappa shape index (κ1) is 23.6. The van der Waals surface area contributed by atoms with E-state index in [0.717, 1.165) is 55.0 Å². The lowest BCUT2D eigenvalue weighted by Crippen LogP contribution is -2.23. The van der Waals surface area contributed by atoms with Crippen LogP contribution in [0.4, 0.5) is 23.1 Å². The number of methoxy groups -OCH3 is 2. The van der Waals surface area contributed by atoms with Gasteiger partial charge in [0.15, 0.2) is 0 Å². The minimum absolute atomic E-state index is 0.456. The van der Waals surface area contributed by atoms with Crippen molar-refractivity contribution in [3.05, 3.63) is 66.1 Å². The molecule has 2 aromatic heterocycles. The molecule has 9 nitrogen and oxygen atoms in total. The smallest absolute Gasteiger partial charge is 0.229 e. The highest BCUT2D eigenvalue weighted by molar-refractivity contribution is 5.78. The molecule has 0 saturated carbocycles. The highest BCUT2D eigenvalue weighted by atomic mass is 16.5. The van der Waals surface area contributed by atoms with Gasteiger partial charge >= 0.3 is 0 Å². The molecule has 2 aromatic carbocycles. The van der Waals surface area contributed by atoms with Crippen LogP contribution in [0.2, 0.25) is 0 Å². The van der Waals surface area contributed by atoms with Crippen molar-refractivity contribution >= 4 is 23.1 Å². The molecule has 0 amide bonds. The number of hydrogen-bond donors (Lipinski definition) is 3. The standard InChI is InChI=1S/C27H31N7O2/c1-4-9-34-17-20(15-30-34)25-16-29-27(32-22-11-23(35-2)13-24(12-22)36-3)33-26(25)31-21-6-5-18-7-8-28-14-19(18)10-21/h5-6,10-13,15-17,28H,4,7-9,14H2,1-3H3,(H2,29,31,32,33). The van der Waals surface area contributed by atoms with Crippen LogP contribution in [0.3, 0.4) is 0 Å². The third-order valence-corrected chi connectivity index (χ3v) is 6.15. The summed E-state index contributed by atoms with van der Waals surface area (Å²) in [6.07, 6.45) is 7.77. The Morgan fingerprint density at radius 2 is 1.81 bits per heavy atom. The number of rotatable bonds is 9. The van der Waals surface area contributed by atoms with Gasteiger partial charge in [-0.15, -0.1) is 0 Å². The minimum atomic E-state index is 0.456. The first-order valence-corrected chi connectivity index (χ1v) is 12.1. The van der Waals surface area contributed by atoms with Crippen molar-refractivity contribution in [1.82, 2.24) is 25.1 Å². The summed E-state index contributed by atoms with van der Waals surface area (Å²) in [4.78, 5) is 9.45. The molecule has 4 aromatic rings. The summed E-state index contributed by atoms with van der Waals surface area (Å²) < 4.78 is 12.7. The van der Waals surface area contributed by atoms with Crippen LogP contribution in [-0.2, 0) is 19.5 Å². The fourth-order valence-electron chi connectivity index (χ4n) is 4.31. The molecule has 0 bridgehead atoms. The molecule has 36 heavy (non-hydrogen) atoms. The van der Waals surface area contributed by atoms with E-state index in [4.69, 9.17) is 14.5 Å². The number of aromatic nitrogens is 4. The molecule has 0 fully saturated rings. The van der Waals surface area contributed by atoms with Crippen LogP contribution in [-0.4, -0.2) is 40.5 Å². The average molecular weight is 486 g/mol. The summed E-state index contributed by atoms with van der Waals surface area (Å²) in [5.41, 5.74) is 6.27. The van der Waals surface area contributed by atoms with E-state index in [-0.39, 0.29) is 0 Å². The maximum Gasteiger partial charge on any atom is 0.229 e. The molecule has 3 N–H and O–H groups in total. The molecule has 1 aliphatic rings. The SMILES string of the molecule is CCCn1cc(-c2cnc(Nc3cc(OC)cc(OC)c3)nc2Nc2ccc3c(c2)CNCC3)cn1. The summed E-state index contributed by atoms with van der Waals surface area (Å²) in [6, 6.07) is 12.1. The number of benzene rings is 2. The topological polar surface area (TPSA) is 98.2 Å². The van der Waals surface area contributed by atoms with Crippen molar-refractivity contribution in [3.8, 4) is 22.6 Å². The third kappa shape index (κ3) is 5.26. The molecule has 0 spiro atoms. The lowest BCUT2D eigenvalue weighted by atomic mass is 10.0. The lowest BCUT2D eigenvalue weighted by Gasteiger charge is -2.19. The van der Waals surface area contributed by atoms with E-state index in [2.05, 4.69) is 51.2 Å². The van der Waals surface area contributed by atoms with Gasteiger partial charge in [-0.3, -0.25) is 4.68 Å². The lowest BCUT2D eigenvalue weighted by molar-refractivity contribution is 0.395. The van der Waals surface area contributed by atoms with Crippen LogP contribution in [0.25, 0.3) is 11.1 Å². The van der Waals surface area contributed by atoms with Crippen molar-refractivity contribution in [2.75, 3.05) is 31.4 Å². The summed E-state index contributed by atoms with van der Waals surface area (Å²) in [5.74, 6) is 2.51. The van der Waals surface area contributed by atoms with E-state index in [0.29, 0.717) is 23.3 Å². The number of hydrogen-bond acceptors (Lipinski definition) is 8. The Bertz CT molecular complexity index is 1330. The third-order valence-electron chi connectivity index (χ3n) is 6.15. The predicted molar refractivity (Wildman–Crippen MR) is 142 cm³/mol. The maximum absolute atomic E-state index is 5.39. The monoisotopic (exact) mass is 485 g/mol. The van der Waals surface area contributed by atoms with Gasteiger partial charge in [0.05, 0.1) is 20.4 Å². The number of aryl methyl sites for hydroxylation is 1. The predicted octanol–water partition coefficient (Wildman–Crippen LogP) is 4.90. The molecule has 0 radical (unpaired) electrons. The average Bonchev–Trinajstić information content (AvgIpc) is 3.37. The highest BCUT2D eigenvalue weighted by Gasteiger charge is 2.15. The molecule has 9 heteroatoms. The fraction of sp³-hybridized carbons (Fsp3) is 0.296. The van der Waals surface area contributed by atoms with Crippen molar-refractivity contribution in [3.63, 3.8) is 0 Å². The Morgan fingerprint density at radius 3 is 2.58 bits per heavy atom. The van der Waals surface area contributed by atoms with E-state index in [9.17, 15) is 0 Å². The Balaban J connectivity index is 1.50. The van der Waals surface area contributed by atoms with Crippen molar-refractivity contribution in [2.45, 2.75) is 32.9 Å². The van der Waals surface area contributed by atoms with Crippen molar-refractivity contribution in [2.24, 2.45) is 0 Å². The second-order valence-corrected chi connectivity index (χ2v) is 8.71. The second-order valence-electron chi connectivity index (χ2n) is 8.71. The number of nitrogens with one attached hydrogen (secondary N) is 3. The van der Waals surface area contributed by atoms with Crippen LogP contribution in [0.1, 0.15) is 24.5 Å². The summed E-state index contributed by atoms with van der Waals surface area (Å²) in [7, 11) is 3.25. The van der Waals surface area contributed by atoms with Gasteiger partial charge in [0.1, 0.15) is 17.3 Å². The molecule has 0 saturated heterocycles. The van der Waals surface area contributed by atoms with E-state index >= 15 is 0 Å².